The van der Waals surface area contributed by atoms with Crippen LogP contribution in [0.3, 0.4) is 0 Å². The first-order chi connectivity index (χ1) is 13.1. The average Bonchev–Trinajstić information content (AvgIpc) is 2.72. The van der Waals surface area contributed by atoms with Crippen molar-refractivity contribution in [2.24, 2.45) is 0 Å². The van der Waals surface area contributed by atoms with Crippen molar-refractivity contribution >= 4 is 17.2 Å². The van der Waals surface area contributed by atoms with E-state index in [4.69, 9.17) is 21.7 Å². The van der Waals surface area contributed by atoms with Crippen molar-refractivity contribution in [1.82, 2.24) is 5.32 Å². The van der Waals surface area contributed by atoms with E-state index in [0.29, 0.717) is 18.1 Å². The Morgan fingerprint density at radius 2 is 1.67 bits per heavy atom. The SMILES string of the molecule is COc1cccc(CNC(=S)c2ccc(OCc3ccc(F)cc3)cc2)c1. The lowest BCUT2D eigenvalue weighted by atomic mass is 10.2. The molecule has 138 valence electrons. The molecule has 1 N–H and O–H groups in total. The fraction of sp³-hybridized carbons (Fsp3) is 0.136. The molecule has 3 aromatic rings. The van der Waals surface area contributed by atoms with Crippen molar-refractivity contribution in [3.63, 3.8) is 0 Å². The minimum atomic E-state index is -0.252. The summed E-state index contributed by atoms with van der Waals surface area (Å²) in [6.07, 6.45) is 0. The maximum absolute atomic E-state index is 12.9. The van der Waals surface area contributed by atoms with Crippen molar-refractivity contribution in [3.05, 3.63) is 95.3 Å². The molecule has 0 atom stereocenters. The second-order valence-corrected chi connectivity index (χ2v) is 6.38. The van der Waals surface area contributed by atoms with Crippen LogP contribution in [0.25, 0.3) is 0 Å². The third-order valence-electron chi connectivity index (χ3n) is 4.02. The predicted octanol–water partition coefficient (Wildman–Crippen LogP) is 4.88. The largest absolute Gasteiger partial charge is 0.497 e. The van der Waals surface area contributed by atoms with Crippen LogP contribution >= 0.6 is 12.2 Å². The summed E-state index contributed by atoms with van der Waals surface area (Å²) in [4.78, 5) is 0.669. The van der Waals surface area contributed by atoms with Gasteiger partial charge in [0.15, 0.2) is 0 Å². The summed E-state index contributed by atoms with van der Waals surface area (Å²) < 4.78 is 23.9. The molecule has 5 heteroatoms. The first-order valence-corrected chi connectivity index (χ1v) is 8.93. The molecule has 3 nitrogen and oxygen atoms in total. The van der Waals surface area contributed by atoms with Crippen LogP contribution in [-0.2, 0) is 13.2 Å². The number of benzene rings is 3. The second kappa shape index (κ2) is 9.14. The number of hydrogen-bond donors (Lipinski definition) is 1. The average molecular weight is 381 g/mol. The molecular weight excluding hydrogens is 361 g/mol. The van der Waals surface area contributed by atoms with E-state index in [9.17, 15) is 4.39 Å². The van der Waals surface area contributed by atoms with Gasteiger partial charge in [-0.2, -0.15) is 0 Å². The standard InChI is InChI=1S/C22H20FNO2S/c1-25-21-4-2-3-17(13-21)14-24-22(27)18-7-11-20(12-8-18)26-15-16-5-9-19(23)10-6-16/h2-13H,14-15H2,1H3,(H,24,27). The Hall–Kier alpha value is -2.92. The molecule has 0 unspecified atom stereocenters. The summed E-state index contributed by atoms with van der Waals surface area (Å²) in [5.41, 5.74) is 2.92. The van der Waals surface area contributed by atoms with Crippen molar-refractivity contribution in [2.45, 2.75) is 13.2 Å². The van der Waals surface area contributed by atoms with Crippen LogP contribution in [0.2, 0.25) is 0 Å². The van der Waals surface area contributed by atoms with Gasteiger partial charge in [0.05, 0.1) is 7.11 Å². The summed E-state index contributed by atoms with van der Waals surface area (Å²) in [5, 5.41) is 3.25. The smallest absolute Gasteiger partial charge is 0.123 e. The van der Waals surface area contributed by atoms with Gasteiger partial charge in [-0.25, -0.2) is 4.39 Å². The van der Waals surface area contributed by atoms with Crippen LogP contribution in [0, 0.1) is 5.82 Å². The van der Waals surface area contributed by atoms with E-state index in [1.165, 1.54) is 12.1 Å². The monoisotopic (exact) mass is 381 g/mol. The Labute approximate surface area is 163 Å². The molecule has 0 fully saturated rings. The molecule has 27 heavy (non-hydrogen) atoms. The Kier molecular flexibility index (Phi) is 6.39. The second-order valence-electron chi connectivity index (χ2n) is 5.97. The summed E-state index contributed by atoms with van der Waals surface area (Å²) in [6.45, 7) is 1.01. The number of rotatable bonds is 7. The molecule has 3 aromatic carbocycles. The summed E-state index contributed by atoms with van der Waals surface area (Å²) in [6, 6.07) is 21.7. The molecule has 0 aliphatic heterocycles. The van der Waals surface area contributed by atoms with Gasteiger partial charge < -0.3 is 14.8 Å². The lowest BCUT2D eigenvalue weighted by Crippen LogP contribution is -2.21. The zero-order valence-corrected chi connectivity index (χ0v) is 15.8. The topological polar surface area (TPSA) is 30.5 Å². The molecule has 0 spiro atoms. The van der Waals surface area contributed by atoms with E-state index in [1.54, 1.807) is 19.2 Å². The number of nitrogens with one attached hydrogen (secondary N) is 1. The maximum Gasteiger partial charge on any atom is 0.123 e. The summed E-state index contributed by atoms with van der Waals surface area (Å²) in [5.74, 6) is 1.31. The highest BCUT2D eigenvalue weighted by atomic mass is 32.1. The van der Waals surface area contributed by atoms with Gasteiger partial charge in [0.2, 0.25) is 0 Å². The fourth-order valence-electron chi connectivity index (χ4n) is 2.52. The van der Waals surface area contributed by atoms with Gasteiger partial charge in [-0.05, 0) is 59.7 Å². The van der Waals surface area contributed by atoms with E-state index in [2.05, 4.69) is 5.32 Å². The van der Waals surface area contributed by atoms with E-state index >= 15 is 0 Å². The molecule has 0 amide bonds. The van der Waals surface area contributed by atoms with E-state index in [1.807, 2.05) is 48.5 Å². The molecule has 0 bridgehead atoms. The van der Waals surface area contributed by atoms with Gasteiger partial charge >= 0.3 is 0 Å². The van der Waals surface area contributed by atoms with Crippen LogP contribution in [0.15, 0.2) is 72.8 Å². The lowest BCUT2D eigenvalue weighted by Gasteiger charge is -2.11. The van der Waals surface area contributed by atoms with Crippen molar-refractivity contribution < 1.29 is 13.9 Å². The van der Waals surface area contributed by atoms with Crippen LogP contribution in [-0.4, -0.2) is 12.1 Å². The van der Waals surface area contributed by atoms with E-state index in [0.717, 1.165) is 28.2 Å². The number of hydrogen-bond acceptors (Lipinski definition) is 3. The lowest BCUT2D eigenvalue weighted by molar-refractivity contribution is 0.306. The molecule has 0 saturated heterocycles. The van der Waals surface area contributed by atoms with Gasteiger partial charge in [0, 0.05) is 12.1 Å². The molecule has 0 saturated carbocycles. The number of ether oxygens (including phenoxy) is 2. The van der Waals surface area contributed by atoms with E-state index < -0.39 is 0 Å². The van der Waals surface area contributed by atoms with Gasteiger partial charge in [-0.1, -0.05) is 36.5 Å². The molecular formula is C22H20FNO2S. The van der Waals surface area contributed by atoms with Crippen LogP contribution < -0.4 is 14.8 Å². The first kappa shape index (κ1) is 18.9. The maximum atomic E-state index is 12.9. The third kappa shape index (κ3) is 5.53. The van der Waals surface area contributed by atoms with Crippen molar-refractivity contribution in [2.75, 3.05) is 7.11 Å². The van der Waals surface area contributed by atoms with Gasteiger partial charge in [0.1, 0.15) is 28.9 Å². The third-order valence-corrected chi connectivity index (χ3v) is 4.40. The van der Waals surface area contributed by atoms with Gasteiger partial charge in [0.25, 0.3) is 0 Å². The summed E-state index contributed by atoms with van der Waals surface area (Å²) in [7, 11) is 1.65. The van der Waals surface area contributed by atoms with Crippen molar-refractivity contribution in [3.8, 4) is 11.5 Å². The van der Waals surface area contributed by atoms with E-state index in [-0.39, 0.29) is 5.82 Å². The van der Waals surface area contributed by atoms with Crippen LogP contribution in [0.5, 0.6) is 11.5 Å². The Balaban J connectivity index is 1.52. The number of thiocarbonyl (C=S) groups is 1. The predicted molar refractivity (Wildman–Crippen MR) is 109 cm³/mol. The molecule has 3 rings (SSSR count). The normalized spacial score (nSPS) is 10.3. The highest BCUT2D eigenvalue weighted by Crippen LogP contribution is 2.16. The Bertz CT molecular complexity index is 895. The molecule has 0 radical (unpaired) electrons. The van der Waals surface area contributed by atoms with Gasteiger partial charge in [-0.3, -0.25) is 0 Å². The zero-order chi connectivity index (χ0) is 19.1. The minimum absolute atomic E-state index is 0.252. The fourth-order valence-corrected chi connectivity index (χ4v) is 2.72. The molecule has 0 aliphatic rings. The zero-order valence-electron chi connectivity index (χ0n) is 14.9. The number of methoxy groups -OCH3 is 1. The molecule has 0 aliphatic carbocycles. The minimum Gasteiger partial charge on any atom is -0.497 e. The molecule has 0 aromatic heterocycles. The van der Waals surface area contributed by atoms with Gasteiger partial charge in [-0.15, -0.1) is 0 Å². The Morgan fingerprint density at radius 3 is 2.37 bits per heavy atom. The van der Waals surface area contributed by atoms with Crippen LogP contribution in [0.4, 0.5) is 4.39 Å². The van der Waals surface area contributed by atoms with Crippen molar-refractivity contribution in [1.29, 1.82) is 0 Å². The Morgan fingerprint density at radius 1 is 0.926 bits per heavy atom. The quantitative estimate of drug-likeness (QED) is 0.591. The van der Waals surface area contributed by atoms with Crippen LogP contribution in [0.1, 0.15) is 16.7 Å². The summed E-state index contributed by atoms with van der Waals surface area (Å²) >= 11 is 5.46. The highest BCUT2D eigenvalue weighted by Gasteiger charge is 2.03. The highest BCUT2D eigenvalue weighted by molar-refractivity contribution is 7.80. The number of halogens is 1. The molecule has 0 heterocycles. The first-order valence-electron chi connectivity index (χ1n) is 8.52.